The Morgan fingerprint density at radius 1 is 1.22 bits per heavy atom. The zero-order valence-corrected chi connectivity index (χ0v) is 13.2. The van der Waals surface area contributed by atoms with E-state index < -0.39 is 0 Å². The molecule has 2 aromatic rings. The smallest absolute Gasteiger partial charge is 0.201 e. The van der Waals surface area contributed by atoms with E-state index in [0.29, 0.717) is 11.4 Å². The molecule has 1 fully saturated rings. The van der Waals surface area contributed by atoms with Crippen molar-refractivity contribution in [1.82, 2.24) is 9.88 Å². The summed E-state index contributed by atoms with van der Waals surface area (Å²) in [6, 6.07) is 9.14. The lowest BCUT2D eigenvalue weighted by molar-refractivity contribution is 0.104. The number of hydrogen-bond acceptors (Lipinski definition) is 3. The number of carbonyl (C=O) groups excluding carboxylic acids is 1. The third-order valence-electron chi connectivity index (χ3n) is 4.24. The molecule has 1 aromatic heterocycles. The Bertz CT molecular complexity index is 683. The number of ketones is 1. The first-order valence-electron chi connectivity index (χ1n) is 8.12. The lowest BCUT2D eigenvalue weighted by Gasteiger charge is -2.26. The molecule has 0 spiro atoms. The molecule has 4 nitrogen and oxygen atoms in total. The molecular weight excluding hydrogens is 288 g/mol. The third kappa shape index (κ3) is 4.11. The van der Waals surface area contributed by atoms with E-state index in [1.165, 1.54) is 25.3 Å². The van der Waals surface area contributed by atoms with Crippen molar-refractivity contribution in [2.24, 2.45) is 0 Å². The van der Waals surface area contributed by atoms with Gasteiger partial charge in [-0.25, -0.2) is 0 Å². The van der Waals surface area contributed by atoms with Crippen LogP contribution < -0.4 is 0 Å². The van der Waals surface area contributed by atoms with Gasteiger partial charge >= 0.3 is 0 Å². The van der Waals surface area contributed by atoms with Gasteiger partial charge in [-0.2, -0.15) is 0 Å². The van der Waals surface area contributed by atoms with E-state index in [4.69, 9.17) is 0 Å². The highest BCUT2D eigenvalue weighted by Crippen LogP contribution is 2.23. The van der Waals surface area contributed by atoms with Crippen LogP contribution in [0.3, 0.4) is 0 Å². The number of nitrogens with one attached hydrogen (secondary N) is 1. The Hall–Kier alpha value is -2.33. The van der Waals surface area contributed by atoms with Crippen LogP contribution in [0.25, 0.3) is 6.08 Å². The van der Waals surface area contributed by atoms with E-state index in [1.54, 1.807) is 30.5 Å². The fraction of sp³-hybridized carbons (Fsp3) is 0.316. The van der Waals surface area contributed by atoms with E-state index in [2.05, 4.69) is 9.88 Å². The molecule has 2 N–H and O–H groups in total. The minimum absolute atomic E-state index is 0.0770. The number of H-pyrrole nitrogens is 1. The first kappa shape index (κ1) is 15.6. The monoisotopic (exact) mass is 310 g/mol. The van der Waals surface area contributed by atoms with Gasteiger partial charge in [-0.05, 0) is 55.8 Å². The van der Waals surface area contributed by atoms with Crippen LogP contribution in [0.5, 0.6) is 5.75 Å². The summed E-state index contributed by atoms with van der Waals surface area (Å²) in [5, 5.41) is 10.2. The molecule has 0 aliphatic carbocycles. The molecule has 0 bridgehead atoms. The maximum absolute atomic E-state index is 11.9. The predicted molar refractivity (Wildman–Crippen MR) is 91.4 cm³/mol. The first-order chi connectivity index (χ1) is 11.2. The van der Waals surface area contributed by atoms with Crippen molar-refractivity contribution in [2.75, 3.05) is 13.1 Å². The summed E-state index contributed by atoms with van der Waals surface area (Å²) in [4.78, 5) is 17.2. The van der Waals surface area contributed by atoms with Crippen LogP contribution in [0.15, 0.2) is 42.6 Å². The number of allylic oxidation sites excluding steroid dienone is 1. The second-order valence-corrected chi connectivity index (χ2v) is 6.01. The Morgan fingerprint density at radius 2 is 2.04 bits per heavy atom. The number of phenols is 1. The van der Waals surface area contributed by atoms with E-state index in [9.17, 15) is 9.90 Å². The maximum Gasteiger partial charge on any atom is 0.201 e. The summed E-state index contributed by atoms with van der Waals surface area (Å²) < 4.78 is 0. The Balaban J connectivity index is 1.65. The minimum atomic E-state index is -0.0770. The van der Waals surface area contributed by atoms with Crippen LogP contribution in [0.1, 0.15) is 40.9 Å². The standard InChI is InChI=1S/C19H22N2O2/c22-18(17-5-4-10-20-17)9-7-15-6-8-16(19(23)13-15)14-21-11-2-1-3-12-21/h4-10,13,20,23H,1-3,11-12,14H2/b9-7+. The molecule has 3 rings (SSSR count). The molecule has 0 amide bonds. The quantitative estimate of drug-likeness (QED) is 0.655. The van der Waals surface area contributed by atoms with Crippen molar-refractivity contribution >= 4 is 11.9 Å². The van der Waals surface area contributed by atoms with E-state index in [-0.39, 0.29) is 5.78 Å². The van der Waals surface area contributed by atoms with Gasteiger partial charge in [0, 0.05) is 18.3 Å². The van der Waals surface area contributed by atoms with Gasteiger partial charge in [0.2, 0.25) is 5.78 Å². The molecule has 1 aliphatic heterocycles. The topological polar surface area (TPSA) is 56.3 Å². The van der Waals surface area contributed by atoms with Crippen LogP contribution in [0, 0.1) is 0 Å². The first-order valence-corrected chi connectivity index (χ1v) is 8.12. The third-order valence-corrected chi connectivity index (χ3v) is 4.24. The van der Waals surface area contributed by atoms with Gasteiger partial charge in [-0.1, -0.05) is 24.6 Å². The largest absolute Gasteiger partial charge is 0.508 e. The average molecular weight is 310 g/mol. The minimum Gasteiger partial charge on any atom is -0.508 e. The highest BCUT2D eigenvalue weighted by atomic mass is 16.3. The normalized spacial score (nSPS) is 16.0. The highest BCUT2D eigenvalue weighted by Gasteiger charge is 2.12. The number of rotatable bonds is 5. The number of likely N-dealkylation sites (tertiary alicyclic amines) is 1. The summed E-state index contributed by atoms with van der Waals surface area (Å²) in [5.41, 5.74) is 2.33. The number of nitrogens with zero attached hydrogens (tertiary/aromatic N) is 1. The van der Waals surface area contributed by atoms with Gasteiger partial charge in [-0.15, -0.1) is 0 Å². The molecule has 1 aromatic carbocycles. The van der Waals surface area contributed by atoms with Crippen molar-refractivity contribution in [3.8, 4) is 5.75 Å². The zero-order chi connectivity index (χ0) is 16.1. The fourth-order valence-electron chi connectivity index (χ4n) is 2.92. The molecule has 4 heteroatoms. The Labute approximate surface area is 136 Å². The van der Waals surface area contributed by atoms with Gasteiger partial charge in [0.1, 0.15) is 5.75 Å². The summed E-state index contributed by atoms with van der Waals surface area (Å²) in [6.45, 7) is 2.99. The van der Waals surface area contributed by atoms with Crippen molar-refractivity contribution in [2.45, 2.75) is 25.8 Å². The van der Waals surface area contributed by atoms with Gasteiger partial charge in [-0.3, -0.25) is 9.69 Å². The summed E-state index contributed by atoms with van der Waals surface area (Å²) >= 11 is 0. The number of benzene rings is 1. The number of carbonyl (C=O) groups is 1. The fourth-order valence-corrected chi connectivity index (χ4v) is 2.92. The van der Waals surface area contributed by atoms with Crippen molar-refractivity contribution in [3.05, 3.63) is 59.4 Å². The van der Waals surface area contributed by atoms with E-state index in [1.807, 2.05) is 12.1 Å². The molecular formula is C19H22N2O2. The van der Waals surface area contributed by atoms with Gasteiger partial charge in [0.15, 0.2) is 0 Å². The van der Waals surface area contributed by atoms with Crippen molar-refractivity contribution in [3.63, 3.8) is 0 Å². The number of piperidine rings is 1. The maximum atomic E-state index is 11.9. The number of aromatic nitrogens is 1. The lowest BCUT2D eigenvalue weighted by atomic mass is 10.1. The predicted octanol–water partition coefficient (Wildman–Crippen LogP) is 3.60. The van der Waals surface area contributed by atoms with E-state index >= 15 is 0 Å². The molecule has 1 aliphatic rings. The molecule has 0 saturated carbocycles. The highest BCUT2D eigenvalue weighted by molar-refractivity contribution is 6.05. The SMILES string of the molecule is O=C(/C=C/c1ccc(CN2CCCCC2)c(O)c1)c1ccc[nH]1. The molecule has 23 heavy (non-hydrogen) atoms. The summed E-state index contributed by atoms with van der Waals surface area (Å²) in [7, 11) is 0. The molecule has 1 saturated heterocycles. The Kier molecular flexibility index (Phi) is 4.93. The molecule has 120 valence electrons. The number of aromatic amines is 1. The zero-order valence-electron chi connectivity index (χ0n) is 13.2. The molecule has 2 heterocycles. The number of hydrogen-bond donors (Lipinski definition) is 2. The van der Waals surface area contributed by atoms with Crippen molar-refractivity contribution in [1.29, 1.82) is 0 Å². The van der Waals surface area contributed by atoms with Crippen LogP contribution in [0.4, 0.5) is 0 Å². The molecule has 0 atom stereocenters. The summed E-state index contributed by atoms with van der Waals surface area (Å²) in [5.74, 6) is 0.219. The second-order valence-electron chi connectivity index (χ2n) is 6.01. The second kappa shape index (κ2) is 7.29. The van der Waals surface area contributed by atoms with Crippen molar-refractivity contribution < 1.29 is 9.90 Å². The summed E-state index contributed by atoms with van der Waals surface area (Å²) in [6.07, 6.45) is 8.76. The van der Waals surface area contributed by atoms with Crippen LogP contribution >= 0.6 is 0 Å². The molecule has 0 unspecified atom stereocenters. The van der Waals surface area contributed by atoms with Crippen LogP contribution in [-0.4, -0.2) is 33.9 Å². The van der Waals surface area contributed by atoms with Gasteiger partial charge in [0.05, 0.1) is 5.69 Å². The van der Waals surface area contributed by atoms with Crippen LogP contribution in [-0.2, 0) is 6.54 Å². The van der Waals surface area contributed by atoms with Crippen LogP contribution in [0.2, 0.25) is 0 Å². The average Bonchev–Trinajstić information content (AvgIpc) is 3.10. The number of aromatic hydroxyl groups is 1. The Morgan fingerprint density at radius 3 is 2.74 bits per heavy atom. The van der Waals surface area contributed by atoms with Gasteiger partial charge in [0.25, 0.3) is 0 Å². The lowest BCUT2D eigenvalue weighted by Crippen LogP contribution is -2.29. The van der Waals surface area contributed by atoms with Gasteiger partial charge < -0.3 is 10.1 Å². The number of phenolic OH excluding ortho intramolecular Hbond substituents is 1. The molecule has 0 radical (unpaired) electrons. The van der Waals surface area contributed by atoms with E-state index in [0.717, 1.165) is 30.8 Å².